The third-order valence-corrected chi connectivity index (χ3v) is 2.76. The molecule has 0 saturated heterocycles. The van der Waals surface area contributed by atoms with E-state index in [1.807, 2.05) is 30.3 Å². The van der Waals surface area contributed by atoms with Crippen LogP contribution in [0.4, 0.5) is 5.69 Å². The maximum atomic E-state index is 9.14. The van der Waals surface area contributed by atoms with Gasteiger partial charge in [0, 0.05) is 6.20 Å². The Hall–Kier alpha value is -3.54. The number of aromatic amines is 1. The summed E-state index contributed by atoms with van der Waals surface area (Å²) in [5, 5.41) is 29.2. The summed E-state index contributed by atoms with van der Waals surface area (Å²) in [5.41, 5.74) is 1.68. The Labute approximate surface area is 124 Å². The molecule has 0 aliphatic rings. The Morgan fingerprint density at radius 2 is 2.27 bits per heavy atom. The van der Waals surface area contributed by atoms with Gasteiger partial charge in [-0.25, -0.2) is 0 Å². The number of nitrogens with zero attached hydrogens (tertiary/aromatic N) is 6. The summed E-state index contributed by atoms with van der Waals surface area (Å²) >= 11 is 0. The highest BCUT2D eigenvalue weighted by molar-refractivity contribution is 5.78. The van der Waals surface area contributed by atoms with Gasteiger partial charge in [0.15, 0.2) is 5.82 Å². The minimum absolute atomic E-state index is 0.209. The molecule has 2 aromatic heterocycles. The molecule has 9 nitrogen and oxygen atoms in total. The van der Waals surface area contributed by atoms with Gasteiger partial charge in [-0.1, -0.05) is 17.3 Å². The van der Waals surface area contributed by atoms with Crippen LogP contribution in [0.2, 0.25) is 0 Å². The molecule has 0 radical (unpaired) electrons. The molecule has 0 bridgehead atoms. The van der Waals surface area contributed by atoms with Crippen LogP contribution < -0.4 is 5.32 Å². The highest BCUT2D eigenvalue weighted by Gasteiger charge is 2.11. The maximum absolute atomic E-state index is 9.14. The van der Waals surface area contributed by atoms with Crippen molar-refractivity contribution in [3.05, 3.63) is 42.1 Å². The number of nitrogens with one attached hydrogen (secondary N) is 2. The fourth-order valence-electron chi connectivity index (χ4n) is 1.77. The number of tetrazole rings is 1. The van der Waals surface area contributed by atoms with Gasteiger partial charge in [-0.15, -0.1) is 10.2 Å². The normalized spacial score (nSPS) is 11.2. The maximum Gasteiger partial charge on any atom is 0.260 e. The smallest absolute Gasteiger partial charge is 0.260 e. The number of hydrogen-bond acceptors (Lipinski definition) is 8. The highest BCUT2D eigenvalue weighted by atomic mass is 16.5. The van der Waals surface area contributed by atoms with Crippen molar-refractivity contribution >= 4 is 11.3 Å². The first-order valence-electron chi connectivity index (χ1n) is 6.28. The van der Waals surface area contributed by atoms with Gasteiger partial charge in [-0.3, -0.25) is 0 Å². The van der Waals surface area contributed by atoms with Crippen molar-refractivity contribution in [2.24, 2.45) is 0 Å². The summed E-state index contributed by atoms with van der Waals surface area (Å²) in [6.45, 7) is 1.74. The van der Waals surface area contributed by atoms with Gasteiger partial charge in [0.1, 0.15) is 11.6 Å². The molecule has 0 unspecified atom stereocenters. The molecule has 3 aromatic rings. The van der Waals surface area contributed by atoms with Crippen LogP contribution in [-0.4, -0.2) is 30.8 Å². The number of aryl methyl sites for hydroxylation is 1. The molecule has 0 spiro atoms. The van der Waals surface area contributed by atoms with Crippen LogP contribution in [0.15, 0.2) is 35.0 Å². The lowest BCUT2D eigenvalue weighted by atomic mass is 10.1. The van der Waals surface area contributed by atoms with E-state index in [-0.39, 0.29) is 11.4 Å². The average Bonchev–Trinajstić information content (AvgIpc) is 3.20. The lowest BCUT2D eigenvalue weighted by molar-refractivity contribution is 0.426. The van der Waals surface area contributed by atoms with Crippen LogP contribution in [0.25, 0.3) is 17.0 Å². The minimum Gasteiger partial charge on any atom is -0.360 e. The summed E-state index contributed by atoms with van der Waals surface area (Å²) < 4.78 is 5.17. The van der Waals surface area contributed by atoms with E-state index in [0.29, 0.717) is 17.4 Å². The zero-order chi connectivity index (χ0) is 15.4. The Bertz CT molecular complexity index is 843. The van der Waals surface area contributed by atoms with Crippen molar-refractivity contribution in [3.8, 4) is 17.5 Å². The molecule has 0 amide bonds. The Balaban J connectivity index is 1.92. The second kappa shape index (κ2) is 5.84. The van der Waals surface area contributed by atoms with Gasteiger partial charge >= 0.3 is 0 Å². The SMILES string of the molecule is Cc1noc(-c2ccccc2NC=C(C#N)c2nn[nH]n2)n1. The van der Waals surface area contributed by atoms with Crippen molar-refractivity contribution < 1.29 is 4.52 Å². The average molecular weight is 294 g/mol. The van der Waals surface area contributed by atoms with E-state index >= 15 is 0 Å². The highest BCUT2D eigenvalue weighted by Crippen LogP contribution is 2.26. The molecule has 0 saturated carbocycles. The number of allylic oxidation sites excluding steroid dienone is 1. The van der Waals surface area contributed by atoms with Crippen molar-refractivity contribution in [1.82, 2.24) is 30.8 Å². The number of anilines is 1. The molecule has 2 heterocycles. The van der Waals surface area contributed by atoms with Gasteiger partial charge in [0.05, 0.1) is 11.3 Å². The number of hydrogen-bond donors (Lipinski definition) is 2. The molecule has 22 heavy (non-hydrogen) atoms. The summed E-state index contributed by atoms with van der Waals surface area (Å²) in [4.78, 5) is 4.20. The summed E-state index contributed by atoms with van der Waals surface area (Å²) in [6, 6.07) is 9.37. The summed E-state index contributed by atoms with van der Waals surface area (Å²) in [6.07, 6.45) is 1.49. The standard InChI is InChI=1S/C13H10N8O/c1-8-16-13(22-19-8)10-4-2-3-5-11(10)15-7-9(6-14)12-17-20-21-18-12/h2-5,7,15H,1H3,(H,17,18,20,21). The predicted molar refractivity (Wildman–Crippen MR) is 75.9 cm³/mol. The van der Waals surface area contributed by atoms with E-state index < -0.39 is 0 Å². The monoisotopic (exact) mass is 294 g/mol. The number of H-pyrrole nitrogens is 1. The van der Waals surface area contributed by atoms with Gasteiger partial charge in [-0.05, 0) is 24.3 Å². The second-order valence-electron chi connectivity index (χ2n) is 4.24. The number of rotatable bonds is 4. The zero-order valence-electron chi connectivity index (χ0n) is 11.5. The number of nitriles is 1. The topological polar surface area (TPSA) is 129 Å². The van der Waals surface area contributed by atoms with E-state index in [2.05, 4.69) is 36.1 Å². The van der Waals surface area contributed by atoms with E-state index in [4.69, 9.17) is 9.78 Å². The first-order chi connectivity index (χ1) is 10.8. The largest absolute Gasteiger partial charge is 0.360 e. The number of aromatic nitrogens is 6. The molecule has 0 aliphatic heterocycles. The van der Waals surface area contributed by atoms with Crippen LogP contribution in [0.5, 0.6) is 0 Å². The zero-order valence-corrected chi connectivity index (χ0v) is 11.5. The van der Waals surface area contributed by atoms with Gasteiger partial charge in [0.25, 0.3) is 5.89 Å². The minimum atomic E-state index is 0.209. The fourth-order valence-corrected chi connectivity index (χ4v) is 1.77. The molecule has 108 valence electrons. The lowest BCUT2D eigenvalue weighted by Crippen LogP contribution is -1.95. The third-order valence-electron chi connectivity index (χ3n) is 2.76. The molecular weight excluding hydrogens is 284 g/mol. The fraction of sp³-hybridized carbons (Fsp3) is 0.0769. The first kappa shape index (κ1) is 13.4. The third kappa shape index (κ3) is 2.66. The molecule has 0 fully saturated rings. The Morgan fingerprint density at radius 3 is 2.95 bits per heavy atom. The van der Waals surface area contributed by atoms with Crippen molar-refractivity contribution in [1.29, 1.82) is 5.26 Å². The molecular formula is C13H10N8O. The molecule has 3 rings (SSSR count). The van der Waals surface area contributed by atoms with E-state index in [9.17, 15) is 0 Å². The Kier molecular flexibility index (Phi) is 3.57. The van der Waals surface area contributed by atoms with Gasteiger partial charge in [0.2, 0.25) is 5.82 Å². The van der Waals surface area contributed by atoms with Crippen LogP contribution in [0.3, 0.4) is 0 Å². The lowest BCUT2D eigenvalue weighted by Gasteiger charge is -2.05. The van der Waals surface area contributed by atoms with Crippen molar-refractivity contribution in [2.75, 3.05) is 5.32 Å². The molecule has 1 aromatic carbocycles. The van der Waals surface area contributed by atoms with Crippen LogP contribution in [0.1, 0.15) is 11.6 Å². The van der Waals surface area contributed by atoms with Gasteiger partial charge < -0.3 is 9.84 Å². The van der Waals surface area contributed by atoms with E-state index in [1.165, 1.54) is 6.20 Å². The second-order valence-corrected chi connectivity index (χ2v) is 4.24. The summed E-state index contributed by atoms with van der Waals surface area (Å²) in [7, 11) is 0. The van der Waals surface area contributed by atoms with Crippen molar-refractivity contribution in [2.45, 2.75) is 6.92 Å². The van der Waals surface area contributed by atoms with Gasteiger partial charge in [-0.2, -0.15) is 15.5 Å². The molecule has 2 N–H and O–H groups in total. The van der Waals surface area contributed by atoms with Crippen LogP contribution in [0, 0.1) is 18.3 Å². The number of para-hydroxylation sites is 1. The van der Waals surface area contributed by atoms with E-state index in [0.717, 1.165) is 5.56 Å². The first-order valence-corrected chi connectivity index (χ1v) is 6.28. The van der Waals surface area contributed by atoms with Crippen LogP contribution >= 0.6 is 0 Å². The molecule has 0 atom stereocenters. The molecule has 0 aliphatic carbocycles. The number of benzene rings is 1. The quantitative estimate of drug-likeness (QED) is 0.693. The predicted octanol–water partition coefficient (Wildman–Crippen LogP) is 1.53. The Morgan fingerprint density at radius 1 is 1.41 bits per heavy atom. The van der Waals surface area contributed by atoms with Crippen LogP contribution in [-0.2, 0) is 0 Å². The molecule has 9 heteroatoms. The van der Waals surface area contributed by atoms with Crippen molar-refractivity contribution in [3.63, 3.8) is 0 Å². The summed E-state index contributed by atoms with van der Waals surface area (Å²) in [5.74, 6) is 1.15. The van der Waals surface area contributed by atoms with E-state index in [1.54, 1.807) is 6.92 Å².